The smallest absolute Gasteiger partial charge is 0.164 e. The molecule has 0 saturated carbocycles. The highest BCUT2D eigenvalue weighted by Crippen LogP contribution is 2.43. The van der Waals surface area contributed by atoms with Crippen molar-refractivity contribution in [3.8, 4) is 95.9 Å². The fourth-order valence-corrected chi connectivity index (χ4v) is 9.83. The molecule has 1 heterocycles. The van der Waals surface area contributed by atoms with Crippen LogP contribution in [0.5, 0.6) is 0 Å². The van der Waals surface area contributed by atoms with Crippen LogP contribution in [0.2, 0.25) is 0 Å². The second kappa shape index (κ2) is 17.2. The lowest BCUT2D eigenvalue weighted by molar-refractivity contribution is 1.07. The number of hydrogen-bond acceptors (Lipinski definition) is 4. The van der Waals surface area contributed by atoms with Gasteiger partial charge in [0, 0.05) is 22.3 Å². The molecule has 0 atom stereocenters. The predicted molar refractivity (Wildman–Crippen MR) is 281 cm³/mol. The molecule has 4 nitrogen and oxygen atoms in total. The molecular weight excluding hydrogens is 825 g/mol. The molecule has 0 fully saturated rings. The lowest BCUT2D eigenvalue weighted by Crippen LogP contribution is -2.01. The van der Waals surface area contributed by atoms with Gasteiger partial charge in [0.1, 0.15) is 0 Å². The first-order chi connectivity index (χ1) is 33.7. The van der Waals surface area contributed by atoms with Crippen LogP contribution in [0, 0.1) is 11.3 Å². The van der Waals surface area contributed by atoms with Gasteiger partial charge in [0.15, 0.2) is 17.5 Å². The Hall–Kier alpha value is -9.30. The van der Waals surface area contributed by atoms with Crippen molar-refractivity contribution in [2.24, 2.45) is 0 Å². The molecule has 1 aromatic heterocycles. The summed E-state index contributed by atoms with van der Waals surface area (Å²) in [5.74, 6) is 1.69. The third-order valence-corrected chi connectivity index (χ3v) is 13.0. The van der Waals surface area contributed by atoms with Gasteiger partial charge in [0.25, 0.3) is 0 Å². The first-order valence-electron chi connectivity index (χ1n) is 22.8. The van der Waals surface area contributed by atoms with Crippen LogP contribution in [-0.2, 0) is 0 Å². The Kier molecular flexibility index (Phi) is 10.2. The average Bonchev–Trinajstić information content (AvgIpc) is 3.42. The van der Waals surface area contributed by atoms with Crippen molar-refractivity contribution in [2.75, 3.05) is 0 Å². The summed E-state index contributed by atoms with van der Waals surface area (Å²) < 4.78 is 0. The number of nitriles is 1. The summed E-state index contributed by atoms with van der Waals surface area (Å²) in [6.07, 6.45) is 0. The average molecular weight is 865 g/mol. The van der Waals surface area contributed by atoms with Crippen molar-refractivity contribution < 1.29 is 0 Å². The molecule has 68 heavy (non-hydrogen) atoms. The van der Waals surface area contributed by atoms with E-state index in [0.29, 0.717) is 23.0 Å². The van der Waals surface area contributed by atoms with Crippen LogP contribution in [0.1, 0.15) is 5.56 Å². The largest absolute Gasteiger partial charge is 0.208 e. The van der Waals surface area contributed by atoms with Crippen molar-refractivity contribution in [1.82, 2.24) is 15.0 Å². The van der Waals surface area contributed by atoms with Crippen LogP contribution in [0.4, 0.5) is 0 Å². The van der Waals surface area contributed by atoms with Crippen molar-refractivity contribution in [2.45, 2.75) is 0 Å². The molecule has 0 radical (unpaired) electrons. The summed E-state index contributed by atoms with van der Waals surface area (Å²) in [5, 5.41) is 18.1. The van der Waals surface area contributed by atoms with E-state index in [0.717, 1.165) is 66.8 Å². The zero-order valence-corrected chi connectivity index (χ0v) is 36.9. The zero-order chi connectivity index (χ0) is 45.4. The van der Waals surface area contributed by atoms with E-state index in [9.17, 15) is 5.26 Å². The van der Waals surface area contributed by atoms with Crippen LogP contribution >= 0.6 is 0 Å². The first-order valence-corrected chi connectivity index (χ1v) is 22.8. The van der Waals surface area contributed by atoms with Gasteiger partial charge in [-0.05, 0) is 101 Å². The number of hydrogen-bond donors (Lipinski definition) is 0. The molecule has 0 unspecified atom stereocenters. The third kappa shape index (κ3) is 7.26. The molecule has 0 amide bonds. The van der Waals surface area contributed by atoms with Gasteiger partial charge in [-0.25, -0.2) is 15.0 Å². The number of nitrogens with zero attached hydrogens (tertiary/aromatic N) is 4. The van der Waals surface area contributed by atoms with Crippen LogP contribution in [0.15, 0.2) is 243 Å². The molecule has 12 rings (SSSR count). The zero-order valence-electron chi connectivity index (χ0n) is 36.9. The molecule has 0 N–H and O–H groups in total. The minimum Gasteiger partial charge on any atom is -0.208 e. The second-order valence-electron chi connectivity index (χ2n) is 17.0. The quantitative estimate of drug-likeness (QED) is 0.143. The van der Waals surface area contributed by atoms with Crippen LogP contribution < -0.4 is 0 Å². The Balaban J connectivity index is 1.00. The highest BCUT2D eigenvalue weighted by atomic mass is 15.0. The molecular formula is C64H40N4. The van der Waals surface area contributed by atoms with Gasteiger partial charge in [-0.2, -0.15) is 5.26 Å². The van der Waals surface area contributed by atoms with Crippen molar-refractivity contribution in [3.05, 3.63) is 248 Å². The molecule has 0 aliphatic heterocycles. The van der Waals surface area contributed by atoms with E-state index < -0.39 is 0 Å². The molecule has 0 aliphatic rings. The molecule has 0 saturated heterocycles. The Morgan fingerprint density at radius 3 is 1.51 bits per heavy atom. The molecule has 0 spiro atoms. The van der Waals surface area contributed by atoms with Gasteiger partial charge in [-0.3, -0.25) is 0 Å². The summed E-state index contributed by atoms with van der Waals surface area (Å²) in [7, 11) is 0. The SMILES string of the molecule is N#Cc1cccc(-c2ccccc2-c2nc(-c3ccccc3)nc(-c3cccc(-c4cccc5ccccc45)c3)n2)c1-c1cccc(-c2ccccc2-c2cccc3ccc4ccccc4c23)c1. The van der Waals surface area contributed by atoms with E-state index in [4.69, 9.17) is 15.0 Å². The van der Waals surface area contributed by atoms with Gasteiger partial charge in [-0.1, -0.05) is 224 Å². The van der Waals surface area contributed by atoms with Gasteiger partial charge in [0.2, 0.25) is 0 Å². The highest BCUT2D eigenvalue weighted by molar-refractivity contribution is 6.15. The summed E-state index contributed by atoms with van der Waals surface area (Å²) in [4.78, 5) is 15.6. The Bertz CT molecular complexity index is 3940. The number of rotatable bonds is 8. The Morgan fingerprint density at radius 2 is 0.735 bits per heavy atom. The number of benzene rings is 11. The predicted octanol–water partition coefficient (Wildman–Crippen LogP) is 16.5. The maximum atomic E-state index is 10.8. The highest BCUT2D eigenvalue weighted by Gasteiger charge is 2.21. The lowest BCUT2D eigenvalue weighted by atomic mass is 9.86. The summed E-state index contributed by atoms with van der Waals surface area (Å²) in [5.41, 5.74) is 13.5. The van der Waals surface area contributed by atoms with Gasteiger partial charge < -0.3 is 0 Å². The third-order valence-electron chi connectivity index (χ3n) is 13.0. The molecule has 0 bridgehead atoms. The van der Waals surface area contributed by atoms with Gasteiger partial charge >= 0.3 is 0 Å². The standard InChI is InChI=1S/C64H40N4/c65-41-50-27-16-35-57(60(50)48-25-12-23-46(39-48)53-29-8-9-31-55(53)58-36-15-22-44-38-37-43-18-5-7-30-54(43)61(44)58)56-32-10-11-33-59(56)64-67-62(45-19-2-1-3-20-45)66-63(68-64)49-26-13-24-47(40-49)52-34-14-21-42-17-4-6-28-51(42)52/h1-40H. The lowest BCUT2D eigenvalue weighted by Gasteiger charge is -2.18. The van der Waals surface area contributed by atoms with Crippen molar-refractivity contribution in [1.29, 1.82) is 5.26 Å². The van der Waals surface area contributed by atoms with Crippen LogP contribution in [0.25, 0.3) is 122 Å². The molecule has 0 aliphatic carbocycles. The molecule has 12 aromatic rings. The topological polar surface area (TPSA) is 62.5 Å². The first kappa shape index (κ1) is 40.2. The molecule has 11 aromatic carbocycles. The summed E-state index contributed by atoms with van der Waals surface area (Å²) >= 11 is 0. The minimum absolute atomic E-state index is 0.540. The maximum Gasteiger partial charge on any atom is 0.164 e. The number of aromatic nitrogens is 3. The van der Waals surface area contributed by atoms with Crippen molar-refractivity contribution in [3.63, 3.8) is 0 Å². The van der Waals surface area contributed by atoms with Gasteiger partial charge in [0.05, 0.1) is 11.6 Å². The van der Waals surface area contributed by atoms with E-state index in [1.807, 2.05) is 54.6 Å². The Labute approximate surface area is 394 Å². The monoisotopic (exact) mass is 864 g/mol. The fourth-order valence-electron chi connectivity index (χ4n) is 9.83. The van der Waals surface area contributed by atoms with Crippen LogP contribution in [-0.4, -0.2) is 15.0 Å². The second-order valence-corrected chi connectivity index (χ2v) is 17.0. The minimum atomic E-state index is 0.540. The Morgan fingerprint density at radius 1 is 0.279 bits per heavy atom. The summed E-state index contributed by atoms with van der Waals surface area (Å²) in [6.45, 7) is 0. The normalized spacial score (nSPS) is 11.2. The molecule has 316 valence electrons. The van der Waals surface area contributed by atoms with E-state index in [2.05, 4.69) is 194 Å². The van der Waals surface area contributed by atoms with E-state index in [1.165, 1.54) is 37.9 Å². The van der Waals surface area contributed by atoms with E-state index >= 15 is 0 Å². The summed E-state index contributed by atoms with van der Waals surface area (Å²) in [6, 6.07) is 87.0. The maximum absolute atomic E-state index is 10.8. The van der Waals surface area contributed by atoms with E-state index in [1.54, 1.807) is 0 Å². The fraction of sp³-hybridized carbons (Fsp3) is 0. The van der Waals surface area contributed by atoms with Gasteiger partial charge in [-0.15, -0.1) is 0 Å². The van der Waals surface area contributed by atoms with Crippen LogP contribution in [0.3, 0.4) is 0 Å². The van der Waals surface area contributed by atoms with Crippen molar-refractivity contribution >= 4 is 32.3 Å². The van der Waals surface area contributed by atoms with E-state index in [-0.39, 0.29) is 0 Å². The molecule has 4 heteroatoms. The number of fused-ring (bicyclic) bond motifs is 4.